The van der Waals surface area contributed by atoms with Crippen molar-refractivity contribution in [2.24, 2.45) is 0 Å². The summed E-state index contributed by atoms with van der Waals surface area (Å²) in [6, 6.07) is 0. The van der Waals surface area contributed by atoms with Crippen molar-refractivity contribution in [2.75, 3.05) is 43.4 Å². The number of nitrogens with one attached hydrogen (secondary N) is 1. The second kappa shape index (κ2) is 7.54. The molecule has 1 unspecified atom stereocenters. The van der Waals surface area contributed by atoms with Gasteiger partial charge in [0.2, 0.25) is 5.91 Å². The van der Waals surface area contributed by atoms with E-state index in [1.165, 1.54) is 36.5 Å². The third-order valence-electron chi connectivity index (χ3n) is 3.24. The van der Waals surface area contributed by atoms with Crippen molar-refractivity contribution in [1.82, 2.24) is 10.2 Å². The number of nitrogens with zero attached hydrogens (tertiary/aromatic N) is 1. The molecule has 1 atom stereocenters. The van der Waals surface area contributed by atoms with Crippen LogP contribution in [0.15, 0.2) is 0 Å². The minimum absolute atomic E-state index is 0.290. The van der Waals surface area contributed by atoms with Gasteiger partial charge in [0.1, 0.15) is 0 Å². The van der Waals surface area contributed by atoms with Crippen LogP contribution >= 0.6 is 23.5 Å². The zero-order valence-corrected chi connectivity index (χ0v) is 12.0. The fourth-order valence-corrected chi connectivity index (χ4v) is 4.90. The van der Waals surface area contributed by atoms with Crippen LogP contribution in [0.25, 0.3) is 0 Å². The van der Waals surface area contributed by atoms with Crippen molar-refractivity contribution in [2.45, 2.75) is 24.5 Å². The van der Waals surface area contributed by atoms with Gasteiger partial charge in [-0.1, -0.05) is 0 Å². The number of carbonyl (C=O) groups is 1. The van der Waals surface area contributed by atoms with Crippen LogP contribution in [-0.2, 0) is 4.79 Å². The Labute approximate surface area is 112 Å². The molecule has 0 bridgehead atoms. The number of rotatable bonds is 4. The quantitative estimate of drug-likeness (QED) is 0.841. The highest BCUT2D eigenvalue weighted by Crippen LogP contribution is 2.23. The van der Waals surface area contributed by atoms with Crippen molar-refractivity contribution >= 4 is 29.4 Å². The van der Waals surface area contributed by atoms with Crippen molar-refractivity contribution in [3.63, 3.8) is 0 Å². The van der Waals surface area contributed by atoms with E-state index in [0.29, 0.717) is 11.8 Å². The predicted molar refractivity (Wildman–Crippen MR) is 76.9 cm³/mol. The number of piperidine rings is 1. The standard InChI is InChI=1S/C12H22N2OS2/c15-12(14-4-2-1-3-5-14)9-13-8-11-10-16-6-7-17-11/h11,13H,1-10H2. The first-order valence-corrected chi connectivity index (χ1v) is 8.74. The Morgan fingerprint density at radius 1 is 1.24 bits per heavy atom. The van der Waals surface area contributed by atoms with Crippen LogP contribution in [0.5, 0.6) is 0 Å². The number of hydrogen-bond acceptors (Lipinski definition) is 4. The molecule has 0 aliphatic carbocycles. The van der Waals surface area contributed by atoms with E-state index in [1.54, 1.807) is 0 Å². The summed E-state index contributed by atoms with van der Waals surface area (Å²) in [5, 5.41) is 4.02. The summed E-state index contributed by atoms with van der Waals surface area (Å²) in [5.74, 6) is 4.07. The van der Waals surface area contributed by atoms with Gasteiger partial charge in [-0.05, 0) is 19.3 Å². The molecule has 0 aromatic carbocycles. The normalized spacial score (nSPS) is 25.9. The van der Waals surface area contributed by atoms with E-state index >= 15 is 0 Å². The molecule has 0 spiro atoms. The Morgan fingerprint density at radius 3 is 2.76 bits per heavy atom. The minimum atomic E-state index is 0.290. The van der Waals surface area contributed by atoms with E-state index in [-0.39, 0.29) is 5.91 Å². The molecule has 0 aromatic heterocycles. The van der Waals surface area contributed by atoms with E-state index in [9.17, 15) is 4.79 Å². The van der Waals surface area contributed by atoms with Crippen molar-refractivity contribution in [3.05, 3.63) is 0 Å². The molecular formula is C12H22N2OS2. The van der Waals surface area contributed by atoms with Crippen molar-refractivity contribution in [3.8, 4) is 0 Å². The highest BCUT2D eigenvalue weighted by atomic mass is 32.2. The number of amides is 1. The van der Waals surface area contributed by atoms with Crippen LogP contribution in [-0.4, -0.2) is 59.5 Å². The molecule has 2 aliphatic rings. The van der Waals surface area contributed by atoms with Crippen molar-refractivity contribution in [1.29, 1.82) is 0 Å². The van der Waals surface area contributed by atoms with Gasteiger partial charge in [0.25, 0.3) is 0 Å². The molecule has 1 N–H and O–H groups in total. The van der Waals surface area contributed by atoms with Gasteiger partial charge in [-0.3, -0.25) is 4.79 Å². The average Bonchev–Trinajstić information content (AvgIpc) is 2.41. The largest absolute Gasteiger partial charge is 0.342 e. The SMILES string of the molecule is O=C(CNCC1CSCCS1)N1CCCCC1. The average molecular weight is 274 g/mol. The molecule has 3 nitrogen and oxygen atoms in total. The van der Waals surface area contributed by atoms with Crippen molar-refractivity contribution < 1.29 is 4.79 Å². The summed E-state index contributed by atoms with van der Waals surface area (Å²) in [5.41, 5.74) is 0. The fourth-order valence-electron chi connectivity index (χ4n) is 2.25. The van der Waals surface area contributed by atoms with Gasteiger partial charge in [-0.2, -0.15) is 23.5 Å². The predicted octanol–water partition coefficient (Wildman–Crippen LogP) is 1.44. The lowest BCUT2D eigenvalue weighted by Gasteiger charge is -2.27. The third-order valence-corrected chi connectivity index (χ3v) is 6.09. The zero-order valence-electron chi connectivity index (χ0n) is 10.3. The van der Waals surface area contributed by atoms with Crippen LogP contribution in [0.2, 0.25) is 0 Å². The topological polar surface area (TPSA) is 32.3 Å². The third kappa shape index (κ3) is 4.72. The van der Waals surface area contributed by atoms with Crippen LogP contribution in [0, 0.1) is 0 Å². The highest BCUT2D eigenvalue weighted by Gasteiger charge is 2.17. The van der Waals surface area contributed by atoms with E-state index in [0.717, 1.165) is 19.6 Å². The molecule has 2 rings (SSSR count). The van der Waals surface area contributed by atoms with E-state index < -0.39 is 0 Å². The summed E-state index contributed by atoms with van der Waals surface area (Å²) < 4.78 is 0. The summed E-state index contributed by atoms with van der Waals surface area (Å²) in [6.45, 7) is 3.45. The lowest BCUT2D eigenvalue weighted by atomic mass is 10.1. The van der Waals surface area contributed by atoms with E-state index in [2.05, 4.69) is 5.32 Å². The second-order valence-corrected chi connectivity index (χ2v) is 7.20. The molecular weight excluding hydrogens is 252 g/mol. The molecule has 1 amide bonds. The zero-order chi connectivity index (χ0) is 11.9. The molecule has 2 aliphatic heterocycles. The maximum atomic E-state index is 11.9. The smallest absolute Gasteiger partial charge is 0.236 e. The first-order chi connectivity index (χ1) is 8.36. The summed E-state index contributed by atoms with van der Waals surface area (Å²) in [7, 11) is 0. The highest BCUT2D eigenvalue weighted by molar-refractivity contribution is 8.06. The monoisotopic (exact) mass is 274 g/mol. The van der Waals surface area contributed by atoms with Crippen LogP contribution in [0.1, 0.15) is 19.3 Å². The molecule has 2 heterocycles. The Morgan fingerprint density at radius 2 is 2.06 bits per heavy atom. The molecule has 0 saturated carbocycles. The first kappa shape index (κ1) is 13.6. The van der Waals surface area contributed by atoms with Gasteiger partial charge in [0, 0.05) is 42.1 Å². The summed E-state index contributed by atoms with van der Waals surface area (Å²) in [6.07, 6.45) is 3.65. The molecule has 5 heteroatoms. The summed E-state index contributed by atoms with van der Waals surface area (Å²) >= 11 is 4.08. The van der Waals surface area contributed by atoms with Gasteiger partial charge < -0.3 is 10.2 Å². The summed E-state index contributed by atoms with van der Waals surface area (Å²) in [4.78, 5) is 13.9. The van der Waals surface area contributed by atoms with Gasteiger partial charge in [-0.25, -0.2) is 0 Å². The second-order valence-electron chi connectivity index (χ2n) is 4.64. The van der Waals surface area contributed by atoms with Gasteiger partial charge >= 0.3 is 0 Å². The number of thioether (sulfide) groups is 2. The maximum Gasteiger partial charge on any atom is 0.236 e. The molecule has 0 radical (unpaired) electrons. The molecule has 17 heavy (non-hydrogen) atoms. The number of likely N-dealkylation sites (tertiary alicyclic amines) is 1. The molecule has 0 aromatic rings. The maximum absolute atomic E-state index is 11.9. The Hall–Kier alpha value is 0.130. The Kier molecular flexibility index (Phi) is 6.01. The number of carbonyl (C=O) groups excluding carboxylic acids is 1. The minimum Gasteiger partial charge on any atom is -0.342 e. The van der Waals surface area contributed by atoms with Gasteiger partial charge in [0.05, 0.1) is 6.54 Å². The van der Waals surface area contributed by atoms with E-state index in [4.69, 9.17) is 0 Å². The lowest BCUT2D eigenvalue weighted by Crippen LogP contribution is -2.42. The van der Waals surface area contributed by atoms with E-state index in [1.807, 2.05) is 28.4 Å². The molecule has 2 saturated heterocycles. The van der Waals surface area contributed by atoms with Crippen LogP contribution in [0.4, 0.5) is 0 Å². The van der Waals surface area contributed by atoms with Gasteiger partial charge in [-0.15, -0.1) is 0 Å². The lowest BCUT2D eigenvalue weighted by molar-refractivity contribution is -0.131. The van der Waals surface area contributed by atoms with Crippen LogP contribution in [0.3, 0.4) is 0 Å². The molecule has 98 valence electrons. The number of hydrogen-bond donors (Lipinski definition) is 1. The van der Waals surface area contributed by atoms with Gasteiger partial charge in [0.15, 0.2) is 0 Å². The van der Waals surface area contributed by atoms with Crippen LogP contribution < -0.4 is 5.32 Å². The first-order valence-electron chi connectivity index (χ1n) is 6.54. The molecule has 2 fully saturated rings. The fraction of sp³-hybridized carbons (Fsp3) is 0.917. The Balaban J connectivity index is 1.58. The Bertz CT molecular complexity index is 239.